The molecule has 1 rings (SSSR count). The van der Waals surface area contributed by atoms with Crippen LogP contribution in [0.1, 0.15) is 12.5 Å². The van der Waals surface area contributed by atoms with Gasteiger partial charge in [0.05, 0.1) is 5.92 Å². The Morgan fingerprint density at radius 2 is 2.07 bits per heavy atom. The first-order valence-corrected chi connectivity index (χ1v) is 4.37. The van der Waals surface area contributed by atoms with Crippen molar-refractivity contribution in [3.8, 4) is 11.8 Å². The topological polar surface area (TPSA) is 43.1 Å². The maximum atomic E-state index is 10.2. The van der Waals surface area contributed by atoms with Gasteiger partial charge in [0.2, 0.25) is 6.54 Å². The van der Waals surface area contributed by atoms with Gasteiger partial charge in [0.15, 0.2) is 0 Å². The molecule has 1 atom stereocenters. The Kier molecular flexibility index (Phi) is 3.69. The number of hydrogen-bond donors (Lipinski definition) is 0. The zero-order valence-corrected chi connectivity index (χ0v) is 7.93. The third-order valence-electron chi connectivity index (χ3n) is 1.66. The van der Waals surface area contributed by atoms with Crippen LogP contribution >= 0.6 is 0 Å². The number of benzene rings is 1. The molecule has 0 saturated heterocycles. The van der Waals surface area contributed by atoms with Crippen molar-refractivity contribution in [2.45, 2.75) is 6.92 Å². The van der Waals surface area contributed by atoms with Crippen LogP contribution in [0.5, 0.6) is 0 Å². The van der Waals surface area contributed by atoms with Crippen molar-refractivity contribution in [1.82, 2.24) is 0 Å². The summed E-state index contributed by atoms with van der Waals surface area (Å²) in [4.78, 5) is 9.82. The minimum Gasteiger partial charge on any atom is -0.264 e. The number of hydrogen-bond acceptors (Lipinski definition) is 2. The van der Waals surface area contributed by atoms with Gasteiger partial charge in [-0.15, -0.1) is 0 Å². The van der Waals surface area contributed by atoms with Gasteiger partial charge in [0, 0.05) is 10.5 Å². The first-order valence-electron chi connectivity index (χ1n) is 4.37. The summed E-state index contributed by atoms with van der Waals surface area (Å²) in [6.07, 6.45) is 0. The molecule has 0 fully saturated rings. The number of nitrogens with zero attached hydrogens (tertiary/aromatic N) is 1. The lowest BCUT2D eigenvalue weighted by Gasteiger charge is -1.94. The Morgan fingerprint density at radius 1 is 1.43 bits per heavy atom. The lowest BCUT2D eigenvalue weighted by molar-refractivity contribution is -0.484. The highest BCUT2D eigenvalue weighted by Crippen LogP contribution is 1.97. The average Bonchev–Trinajstić information content (AvgIpc) is 2.15. The van der Waals surface area contributed by atoms with Crippen LogP contribution in [-0.2, 0) is 0 Å². The van der Waals surface area contributed by atoms with Crippen molar-refractivity contribution in [2.24, 2.45) is 5.92 Å². The molecule has 0 aromatic heterocycles. The molecule has 0 amide bonds. The van der Waals surface area contributed by atoms with Crippen LogP contribution in [0.4, 0.5) is 0 Å². The van der Waals surface area contributed by atoms with Gasteiger partial charge in [-0.1, -0.05) is 30.0 Å². The standard InChI is InChI=1S/C11H11NO2/c1-10(9-12(13)14)7-8-11-5-3-2-4-6-11/h2-6,10H,9H2,1H3/t10-/m1/s1. The normalized spacial score (nSPS) is 11.2. The maximum absolute atomic E-state index is 10.2. The van der Waals surface area contributed by atoms with E-state index in [0.717, 1.165) is 5.56 Å². The largest absolute Gasteiger partial charge is 0.264 e. The van der Waals surface area contributed by atoms with Gasteiger partial charge >= 0.3 is 0 Å². The van der Waals surface area contributed by atoms with E-state index in [-0.39, 0.29) is 17.4 Å². The van der Waals surface area contributed by atoms with E-state index >= 15 is 0 Å². The molecule has 1 aromatic rings. The molecular formula is C11H11NO2. The van der Waals surface area contributed by atoms with Crippen LogP contribution in [0.3, 0.4) is 0 Å². The molecule has 0 N–H and O–H groups in total. The van der Waals surface area contributed by atoms with Crippen LogP contribution in [0.2, 0.25) is 0 Å². The summed E-state index contributed by atoms with van der Waals surface area (Å²) in [6, 6.07) is 9.45. The summed E-state index contributed by atoms with van der Waals surface area (Å²) in [5.41, 5.74) is 0.891. The Balaban J connectivity index is 2.60. The molecule has 0 aliphatic heterocycles. The highest BCUT2D eigenvalue weighted by atomic mass is 16.6. The molecule has 0 radical (unpaired) electrons. The van der Waals surface area contributed by atoms with E-state index < -0.39 is 0 Å². The van der Waals surface area contributed by atoms with Crippen molar-refractivity contribution >= 4 is 0 Å². The van der Waals surface area contributed by atoms with E-state index in [9.17, 15) is 10.1 Å². The zero-order valence-electron chi connectivity index (χ0n) is 7.93. The van der Waals surface area contributed by atoms with E-state index in [1.54, 1.807) is 6.92 Å². The SMILES string of the molecule is C[C@H](C#Cc1ccccc1)C[N+](=O)[O-]. The minimum absolute atomic E-state index is 0.0974. The molecule has 3 heteroatoms. The lowest BCUT2D eigenvalue weighted by atomic mass is 10.1. The van der Waals surface area contributed by atoms with Crippen molar-refractivity contribution < 1.29 is 4.92 Å². The van der Waals surface area contributed by atoms with E-state index in [0.29, 0.717) is 0 Å². The minimum atomic E-state index is -0.343. The highest BCUT2D eigenvalue weighted by molar-refractivity contribution is 5.33. The van der Waals surface area contributed by atoms with Crippen molar-refractivity contribution in [1.29, 1.82) is 0 Å². The molecule has 0 aliphatic carbocycles. The molecule has 0 saturated carbocycles. The van der Waals surface area contributed by atoms with E-state index in [4.69, 9.17) is 0 Å². The number of nitro groups is 1. The molecule has 0 heterocycles. The Hall–Kier alpha value is -1.82. The molecule has 0 unspecified atom stereocenters. The molecule has 0 spiro atoms. The second-order valence-corrected chi connectivity index (χ2v) is 3.05. The van der Waals surface area contributed by atoms with E-state index in [2.05, 4.69) is 11.8 Å². The Bertz CT molecular complexity index is 362. The third kappa shape index (κ3) is 3.72. The third-order valence-corrected chi connectivity index (χ3v) is 1.66. The second kappa shape index (κ2) is 5.03. The summed E-state index contributed by atoms with van der Waals surface area (Å²) < 4.78 is 0. The van der Waals surface area contributed by atoms with Gasteiger partial charge in [0.1, 0.15) is 0 Å². The molecule has 3 nitrogen and oxygen atoms in total. The first kappa shape index (κ1) is 10.3. The fourth-order valence-corrected chi connectivity index (χ4v) is 0.997. The predicted molar refractivity (Wildman–Crippen MR) is 54.3 cm³/mol. The van der Waals surface area contributed by atoms with E-state index in [1.807, 2.05) is 30.3 Å². The highest BCUT2D eigenvalue weighted by Gasteiger charge is 2.04. The van der Waals surface area contributed by atoms with Crippen LogP contribution in [0.15, 0.2) is 30.3 Å². The fourth-order valence-electron chi connectivity index (χ4n) is 0.997. The van der Waals surface area contributed by atoms with Crippen LogP contribution < -0.4 is 0 Å². The van der Waals surface area contributed by atoms with Gasteiger partial charge < -0.3 is 0 Å². The van der Waals surface area contributed by atoms with Gasteiger partial charge in [-0.2, -0.15) is 0 Å². The summed E-state index contributed by atoms with van der Waals surface area (Å²) in [6.45, 7) is 1.65. The summed E-state index contributed by atoms with van der Waals surface area (Å²) >= 11 is 0. The van der Waals surface area contributed by atoms with Gasteiger partial charge in [-0.3, -0.25) is 10.1 Å². The zero-order chi connectivity index (χ0) is 10.4. The van der Waals surface area contributed by atoms with Crippen LogP contribution in [0, 0.1) is 27.9 Å². The van der Waals surface area contributed by atoms with Crippen LogP contribution in [-0.4, -0.2) is 11.5 Å². The van der Waals surface area contributed by atoms with Gasteiger partial charge in [-0.05, 0) is 19.1 Å². The number of rotatable bonds is 2. The summed E-state index contributed by atoms with van der Waals surface area (Å²) in [5.74, 6) is 5.53. The quantitative estimate of drug-likeness (QED) is 0.405. The maximum Gasteiger partial charge on any atom is 0.217 e. The molecule has 1 aromatic carbocycles. The fraction of sp³-hybridized carbons (Fsp3) is 0.273. The van der Waals surface area contributed by atoms with Crippen molar-refractivity contribution in [3.63, 3.8) is 0 Å². The molecule has 0 aliphatic rings. The Morgan fingerprint density at radius 3 is 2.64 bits per heavy atom. The molecular weight excluding hydrogens is 178 g/mol. The second-order valence-electron chi connectivity index (χ2n) is 3.05. The first-order chi connectivity index (χ1) is 6.68. The molecule has 72 valence electrons. The smallest absolute Gasteiger partial charge is 0.217 e. The lowest BCUT2D eigenvalue weighted by Crippen LogP contribution is -2.08. The molecule has 14 heavy (non-hydrogen) atoms. The summed E-state index contributed by atoms with van der Waals surface area (Å²) in [5, 5.41) is 10.2. The van der Waals surface area contributed by atoms with Crippen molar-refractivity contribution in [3.05, 3.63) is 46.0 Å². The Labute approximate surface area is 82.9 Å². The van der Waals surface area contributed by atoms with Gasteiger partial charge in [-0.25, -0.2) is 0 Å². The molecule has 0 bridgehead atoms. The average molecular weight is 189 g/mol. The summed E-state index contributed by atoms with van der Waals surface area (Å²) in [7, 11) is 0. The van der Waals surface area contributed by atoms with Gasteiger partial charge in [0.25, 0.3) is 0 Å². The van der Waals surface area contributed by atoms with E-state index in [1.165, 1.54) is 0 Å². The van der Waals surface area contributed by atoms with Crippen LogP contribution in [0.25, 0.3) is 0 Å². The monoisotopic (exact) mass is 189 g/mol. The predicted octanol–water partition coefficient (Wildman–Crippen LogP) is 1.95. The van der Waals surface area contributed by atoms with Crippen molar-refractivity contribution in [2.75, 3.05) is 6.54 Å².